The zero-order valence-electron chi connectivity index (χ0n) is 13.8. The SMILES string of the molecule is O=C(NCc1ccccc1)N1C[C@@H]2CN(c3cccnc3)C(=O)[C@@H]2C1. The molecular weight excluding hydrogens is 316 g/mol. The summed E-state index contributed by atoms with van der Waals surface area (Å²) in [7, 11) is 0. The molecular formula is C19H20N4O2. The van der Waals surface area contributed by atoms with Gasteiger partial charge >= 0.3 is 6.03 Å². The van der Waals surface area contributed by atoms with E-state index in [1.54, 1.807) is 22.2 Å². The van der Waals surface area contributed by atoms with Gasteiger partial charge in [-0.25, -0.2) is 4.79 Å². The molecule has 2 atom stereocenters. The second-order valence-electron chi connectivity index (χ2n) is 6.58. The third-order valence-corrected chi connectivity index (χ3v) is 4.97. The summed E-state index contributed by atoms with van der Waals surface area (Å²) in [5.74, 6) is 0.175. The maximum atomic E-state index is 12.7. The van der Waals surface area contributed by atoms with Crippen LogP contribution in [0.2, 0.25) is 0 Å². The summed E-state index contributed by atoms with van der Waals surface area (Å²) in [5.41, 5.74) is 1.90. The van der Waals surface area contributed by atoms with Gasteiger partial charge in [-0.3, -0.25) is 9.78 Å². The van der Waals surface area contributed by atoms with Gasteiger partial charge in [0.1, 0.15) is 0 Å². The normalized spacial score (nSPS) is 22.2. The molecule has 0 saturated carbocycles. The largest absolute Gasteiger partial charge is 0.334 e. The van der Waals surface area contributed by atoms with Crippen molar-refractivity contribution >= 4 is 17.6 Å². The fraction of sp³-hybridized carbons (Fsp3) is 0.316. The molecule has 2 fully saturated rings. The lowest BCUT2D eigenvalue weighted by Crippen LogP contribution is -2.41. The van der Waals surface area contributed by atoms with Gasteiger partial charge in [0.15, 0.2) is 0 Å². The van der Waals surface area contributed by atoms with Crippen LogP contribution < -0.4 is 10.2 Å². The number of pyridine rings is 1. The van der Waals surface area contributed by atoms with E-state index in [4.69, 9.17) is 0 Å². The molecule has 0 spiro atoms. The average molecular weight is 336 g/mol. The predicted molar refractivity (Wildman–Crippen MR) is 93.8 cm³/mol. The van der Waals surface area contributed by atoms with Crippen molar-refractivity contribution in [1.29, 1.82) is 0 Å². The van der Waals surface area contributed by atoms with Gasteiger partial charge in [-0.15, -0.1) is 0 Å². The molecule has 0 radical (unpaired) electrons. The molecule has 3 amide bonds. The summed E-state index contributed by atoms with van der Waals surface area (Å²) in [5, 5.41) is 2.94. The first kappa shape index (κ1) is 15.6. The highest BCUT2D eigenvalue weighted by molar-refractivity contribution is 5.98. The van der Waals surface area contributed by atoms with Crippen LogP contribution in [0.15, 0.2) is 54.9 Å². The van der Waals surface area contributed by atoms with Crippen LogP contribution in [0.1, 0.15) is 5.56 Å². The van der Waals surface area contributed by atoms with Gasteiger partial charge in [0.2, 0.25) is 5.91 Å². The van der Waals surface area contributed by atoms with Gasteiger partial charge in [-0.05, 0) is 17.7 Å². The molecule has 6 nitrogen and oxygen atoms in total. The van der Waals surface area contributed by atoms with E-state index in [9.17, 15) is 9.59 Å². The van der Waals surface area contributed by atoms with Crippen molar-refractivity contribution in [3.8, 4) is 0 Å². The van der Waals surface area contributed by atoms with Crippen molar-refractivity contribution in [2.75, 3.05) is 24.5 Å². The molecule has 2 aliphatic heterocycles. The summed E-state index contributed by atoms with van der Waals surface area (Å²) in [6.45, 7) is 2.26. The number of fused-ring (bicyclic) bond motifs is 1. The van der Waals surface area contributed by atoms with Gasteiger partial charge < -0.3 is 15.1 Å². The van der Waals surface area contributed by atoms with Crippen LogP contribution in [-0.4, -0.2) is 41.5 Å². The van der Waals surface area contributed by atoms with E-state index in [0.717, 1.165) is 11.3 Å². The molecule has 1 N–H and O–H groups in total. The highest BCUT2D eigenvalue weighted by Gasteiger charge is 2.47. The Morgan fingerprint density at radius 3 is 2.68 bits per heavy atom. The lowest BCUT2D eigenvalue weighted by Gasteiger charge is -2.22. The first-order valence-corrected chi connectivity index (χ1v) is 8.50. The van der Waals surface area contributed by atoms with Crippen molar-refractivity contribution in [3.05, 3.63) is 60.4 Å². The van der Waals surface area contributed by atoms with E-state index in [0.29, 0.717) is 26.2 Å². The number of rotatable bonds is 3. The fourth-order valence-corrected chi connectivity index (χ4v) is 3.66. The summed E-state index contributed by atoms with van der Waals surface area (Å²) in [4.78, 5) is 32.7. The monoisotopic (exact) mass is 336 g/mol. The Bertz CT molecular complexity index is 766. The van der Waals surface area contributed by atoms with Crippen LogP contribution >= 0.6 is 0 Å². The number of nitrogens with one attached hydrogen (secondary N) is 1. The molecule has 128 valence electrons. The van der Waals surface area contributed by atoms with Crippen molar-refractivity contribution in [2.45, 2.75) is 6.54 Å². The topological polar surface area (TPSA) is 65.5 Å². The Kier molecular flexibility index (Phi) is 4.09. The molecule has 3 heterocycles. The summed E-state index contributed by atoms with van der Waals surface area (Å²) < 4.78 is 0. The average Bonchev–Trinajstić information content (AvgIpc) is 3.21. The van der Waals surface area contributed by atoms with Gasteiger partial charge in [0.05, 0.1) is 17.8 Å². The van der Waals surface area contributed by atoms with Gasteiger partial charge in [0, 0.05) is 38.3 Å². The Hall–Kier alpha value is -2.89. The molecule has 0 bridgehead atoms. The smallest absolute Gasteiger partial charge is 0.317 e. The van der Waals surface area contributed by atoms with E-state index < -0.39 is 0 Å². The molecule has 2 aromatic rings. The van der Waals surface area contributed by atoms with Crippen LogP contribution in [0, 0.1) is 11.8 Å². The quantitative estimate of drug-likeness (QED) is 0.931. The molecule has 6 heteroatoms. The second kappa shape index (κ2) is 6.55. The number of likely N-dealkylation sites (tertiary alicyclic amines) is 1. The third kappa shape index (κ3) is 3.07. The van der Waals surface area contributed by atoms with E-state index in [1.165, 1.54) is 0 Å². The number of amides is 3. The van der Waals surface area contributed by atoms with Gasteiger partial charge in [0.25, 0.3) is 0 Å². The van der Waals surface area contributed by atoms with E-state index in [1.807, 2.05) is 42.5 Å². The van der Waals surface area contributed by atoms with E-state index >= 15 is 0 Å². The number of anilines is 1. The number of urea groups is 1. The molecule has 4 rings (SSSR count). The summed E-state index contributed by atoms with van der Waals surface area (Å²) in [6.07, 6.45) is 3.41. The van der Waals surface area contributed by atoms with Crippen molar-refractivity contribution < 1.29 is 9.59 Å². The number of hydrogen-bond acceptors (Lipinski definition) is 3. The van der Waals surface area contributed by atoms with Crippen molar-refractivity contribution in [2.24, 2.45) is 11.8 Å². The number of hydrogen-bond donors (Lipinski definition) is 1. The molecule has 0 aliphatic carbocycles. The molecule has 1 aromatic heterocycles. The first-order valence-electron chi connectivity index (χ1n) is 8.50. The van der Waals surface area contributed by atoms with E-state index in [2.05, 4.69) is 10.3 Å². The van der Waals surface area contributed by atoms with Crippen molar-refractivity contribution in [1.82, 2.24) is 15.2 Å². The second-order valence-corrected chi connectivity index (χ2v) is 6.58. The maximum Gasteiger partial charge on any atom is 0.317 e. The highest BCUT2D eigenvalue weighted by atomic mass is 16.2. The Morgan fingerprint density at radius 1 is 1.12 bits per heavy atom. The predicted octanol–water partition coefficient (Wildman–Crippen LogP) is 1.89. The summed E-state index contributed by atoms with van der Waals surface area (Å²) in [6, 6.07) is 13.4. The van der Waals surface area contributed by atoms with Crippen LogP contribution in [-0.2, 0) is 11.3 Å². The number of benzene rings is 1. The lowest BCUT2D eigenvalue weighted by molar-refractivity contribution is -0.120. The highest BCUT2D eigenvalue weighted by Crippen LogP contribution is 2.34. The minimum absolute atomic E-state index is 0.0939. The minimum Gasteiger partial charge on any atom is -0.334 e. The molecule has 0 unspecified atom stereocenters. The molecule has 2 aliphatic rings. The molecule has 25 heavy (non-hydrogen) atoms. The van der Waals surface area contributed by atoms with Crippen LogP contribution in [0.3, 0.4) is 0 Å². The number of aromatic nitrogens is 1. The summed E-state index contributed by atoms with van der Waals surface area (Å²) >= 11 is 0. The number of nitrogens with zero attached hydrogens (tertiary/aromatic N) is 3. The van der Waals surface area contributed by atoms with Crippen LogP contribution in [0.4, 0.5) is 10.5 Å². The Morgan fingerprint density at radius 2 is 1.96 bits per heavy atom. The maximum absolute atomic E-state index is 12.7. The fourth-order valence-electron chi connectivity index (χ4n) is 3.66. The molecule has 1 aromatic carbocycles. The van der Waals surface area contributed by atoms with Gasteiger partial charge in [-0.2, -0.15) is 0 Å². The molecule has 2 saturated heterocycles. The van der Waals surface area contributed by atoms with Crippen LogP contribution in [0.5, 0.6) is 0 Å². The standard InChI is InChI=1S/C19H20N4O2/c24-18-17-13-22(19(25)21-9-14-5-2-1-3-6-14)11-15(17)12-23(18)16-7-4-8-20-10-16/h1-8,10,15,17H,9,11-13H2,(H,21,25)/t15-,17-/m1/s1. The van der Waals surface area contributed by atoms with Crippen LogP contribution in [0.25, 0.3) is 0 Å². The number of carbonyl (C=O) groups excluding carboxylic acids is 2. The van der Waals surface area contributed by atoms with Gasteiger partial charge in [-0.1, -0.05) is 30.3 Å². The lowest BCUT2D eigenvalue weighted by atomic mass is 10.0. The Labute approximate surface area is 146 Å². The number of carbonyl (C=O) groups is 2. The zero-order valence-corrected chi connectivity index (χ0v) is 13.8. The zero-order chi connectivity index (χ0) is 17.2. The third-order valence-electron chi connectivity index (χ3n) is 4.97. The van der Waals surface area contributed by atoms with Crippen molar-refractivity contribution in [3.63, 3.8) is 0 Å². The Balaban J connectivity index is 1.35. The first-order chi connectivity index (χ1) is 12.2. The minimum atomic E-state index is -0.109. The van der Waals surface area contributed by atoms with E-state index in [-0.39, 0.29) is 23.8 Å².